The third-order valence-corrected chi connectivity index (χ3v) is 7.22. The van der Waals surface area contributed by atoms with Crippen LogP contribution in [-0.4, -0.2) is 64.4 Å². The van der Waals surface area contributed by atoms with Crippen molar-refractivity contribution in [1.29, 1.82) is 0 Å². The Morgan fingerprint density at radius 3 is 0.722 bits per heavy atom. The van der Waals surface area contributed by atoms with Crippen molar-refractivity contribution in [2.75, 3.05) is 20.0 Å². The molecule has 0 spiro atoms. The Balaban J connectivity index is 1.08. The van der Waals surface area contributed by atoms with Gasteiger partial charge in [-0.25, -0.2) is 0 Å². The fourth-order valence-electron chi connectivity index (χ4n) is 5.50. The lowest BCUT2D eigenvalue weighted by Gasteiger charge is -2.22. The molecule has 3 aromatic rings. The molecule has 0 atom stereocenters. The zero-order valence-corrected chi connectivity index (χ0v) is 20.5. The van der Waals surface area contributed by atoms with E-state index in [-0.39, 0.29) is 0 Å². The molecule has 7 heterocycles. The normalized spacial score (nSPS) is 19.7. The first-order chi connectivity index (χ1) is 17.7. The largest absolute Gasteiger partial charge is 0.359 e. The molecule has 9 heteroatoms. The van der Waals surface area contributed by atoms with Gasteiger partial charge in [0.1, 0.15) is 0 Å². The van der Waals surface area contributed by atoms with E-state index in [0.29, 0.717) is 0 Å². The van der Waals surface area contributed by atoms with Gasteiger partial charge in [0.05, 0.1) is 59.3 Å². The van der Waals surface area contributed by atoms with Gasteiger partial charge in [0.2, 0.25) is 0 Å². The molecule has 186 valence electrons. The third-order valence-electron chi connectivity index (χ3n) is 7.22. The van der Waals surface area contributed by atoms with E-state index >= 15 is 0 Å². The topological polar surface area (TPSA) is 66.8 Å². The van der Waals surface area contributed by atoms with Crippen LogP contribution < -0.4 is 0 Å². The zero-order chi connectivity index (χ0) is 23.9. The van der Waals surface area contributed by atoms with Gasteiger partial charge < -0.3 is 44.4 Å². The van der Waals surface area contributed by atoms with Gasteiger partial charge in [-0.15, -0.1) is 0 Å². The summed E-state index contributed by atoms with van der Waals surface area (Å²) in [4.78, 5) is 25.0. The summed E-state index contributed by atoms with van der Waals surface area (Å²) >= 11 is 0. The van der Waals surface area contributed by atoms with E-state index in [1.54, 1.807) is 0 Å². The van der Waals surface area contributed by atoms with Crippen molar-refractivity contribution in [3.05, 3.63) is 108 Å². The molecule has 0 radical (unpaired) electrons. The van der Waals surface area contributed by atoms with Crippen LogP contribution in [0.15, 0.2) is 73.6 Å². The van der Waals surface area contributed by atoms with Gasteiger partial charge in [0.15, 0.2) is 0 Å². The number of nitrogens with zero attached hydrogens (tertiary/aromatic N) is 6. The summed E-state index contributed by atoms with van der Waals surface area (Å²) in [6, 6.07) is 13.3. The number of aromatic nitrogens is 3. The van der Waals surface area contributed by atoms with E-state index in [1.807, 2.05) is 0 Å². The SMILES string of the molecule is C1=CN2Cc3ccc([nH]3)CN3C=CN(Cc4ccc([nH]4)CN4C=CN(Cc5ccc([nH]5)CN1C2)C4)C3. The Labute approximate surface area is 211 Å². The molecule has 0 aromatic carbocycles. The summed E-state index contributed by atoms with van der Waals surface area (Å²) in [7, 11) is 0. The molecule has 0 aliphatic carbocycles. The number of fused-ring (bicyclic) bond motifs is 12. The van der Waals surface area contributed by atoms with Gasteiger partial charge in [0.25, 0.3) is 0 Å². The van der Waals surface area contributed by atoms with E-state index in [0.717, 1.165) is 59.3 Å². The molecule has 7 rings (SSSR count). The molecule has 0 unspecified atom stereocenters. The Morgan fingerprint density at radius 2 is 0.528 bits per heavy atom. The summed E-state index contributed by atoms with van der Waals surface area (Å²) in [6.07, 6.45) is 13.2. The van der Waals surface area contributed by atoms with Crippen LogP contribution in [0.4, 0.5) is 0 Å². The molecule has 9 nitrogen and oxygen atoms in total. The van der Waals surface area contributed by atoms with E-state index < -0.39 is 0 Å². The average molecular weight is 484 g/mol. The first kappa shape index (κ1) is 21.2. The monoisotopic (exact) mass is 483 g/mol. The van der Waals surface area contributed by atoms with Crippen molar-refractivity contribution in [2.24, 2.45) is 0 Å². The Bertz CT molecular complexity index is 1050. The lowest BCUT2D eigenvalue weighted by atomic mass is 10.4. The molecule has 0 amide bonds. The quantitative estimate of drug-likeness (QED) is 0.456. The number of nitrogens with one attached hydrogen (secondary N) is 3. The predicted molar refractivity (Wildman–Crippen MR) is 138 cm³/mol. The fraction of sp³-hybridized carbons (Fsp3) is 0.333. The first-order valence-corrected chi connectivity index (χ1v) is 12.7. The summed E-state index contributed by atoms with van der Waals surface area (Å²) < 4.78 is 0. The molecule has 3 aromatic heterocycles. The Kier molecular flexibility index (Phi) is 5.18. The van der Waals surface area contributed by atoms with Crippen LogP contribution in [0, 0.1) is 0 Å². The van der Waals surface area contributed by atoms with Crippen molar-refractivity contribution < 1.29 is 0 Å². The van der Waals surface area contributed by atoms with E-state index in [1.165, 1.54) is 34.2 Å². The van der Waals surface area contributed by atoms with E-state index in [9.17, 15) is 0 Å². The first-order valence-electron chi connectivity index (χ1n) is 12.7. The third kappa shape index (κ3) is 4.56. The van der Waals surface area contributed by atoms with Crippen molar-refractivity contribution in [2.45, 2.75) is 39.3 Å². The average Bonchev–Trinajstić information content (AvgIpc) is 3.68. The lowest BCUT2D eigenvalue weighted by molar-refractivity contribution is 0.245. The van der Waals surface area contributed by atoms with Crippen LogP contribution in [0.25, 0.3) is 0 Å². The Hall–Kier alpha value is -4.14. The lowest BCUT2D eigenvalue weighted by Crippen LogP contribution is -2.26. The molecular formula is C27H33N9. The minimum Gasteiger partial charge on any atom is -0.359 e. The summed E-state index contributed by atoms with van der Waals surface area (Å²) in [5.74, 6) is 0. The van der Waals surface area contributed by atoms with Gasteiger partial charge in [-0.1, -0.05) is 0 Å². The highest BCUT2D eigenvalue weighted by molar-refractivity contribution is 5.18. The molecule has 4 aliphatic heterocycles. The van der Waals surface area contributed by atoms with Crippen LogP contribution in [0.5, 0.6) is 0 Å². The maximum atomic E-state index is 3.63. The Morgan fingerprint density at radius 1 is 0.333 bits per heavy atom. The smallest absolute Gasteiger partial charge is 0.0901 e. The minimum atomic E-state index is 0.887. The maximum absolute atomic E-state index is 3.63. The maximum Gasteiger partial charge on any atom is 0.0901 e. The minimum absolute atomic E-state index is 0.887. The number of hydrogen-bond acceptors (Lipinski definition) is 6. The standard InChI is InChI=1S/C27H33N9/c1-2-23-14-32-9-10-34(20-32)16-25-5-6-27(30-25)18-36-12-11-35(21-36)17-26-4-3-24(29-26)15-33-8-7-31(19-33)13-22(1)28-23/h1-12,28-30H,13-21H2. The van der Waals surface area contributed by atoms with Gasteiger partial charge in [-0.2, -0.15) is 0 Å². The molecule has 12 bridgehead atoms. The second-order valence-corrected chi connectivity index (χ2v) is 10.3. The van der Waals surface area contributed by atoms with Gasteiger partial charge >= 0.3 is 0 Å². The van der Waals surface area contributed by atoms with Gasteiger partial charge in [-0.3, -0.25) is 0 Å². The van der Waals surface area contributed by atoms with Crippen molar-refractivity contribution in [3.63, 3.8) is 0 Å². The van der Waals surface area contributed by atoms with Gasteiger partial charge in [-0.05, 0) is 36.4 Å². The summed E-state index contributed by atoms with van der Waals surface area (Å²) in [6.45, 7) is 8.02. The molecule has 4 aliphatic rings. The second-order valence-electron chi connectivity index (χ2n) is 10.3. The molecular weight excluding hydrogens is 450 g/mol. The zero-order valence-electron chi connectivity index (χ0n) is 20.5. The van der Waals surface area contributed by atoms with Crippen LogP contribution >= 0.6 is 0 Å². The van der Waals surface area contributed by atoms with Crippen LogP contribution in [0.1, 0.15) is 34.2 Å². The van der Waals surface area contributed by atoms with E-state index in [4.69, 9.17) is 0 Å². The van der Waals surface area contributed by atoms with Crippen LogP contribution in [0.3, 0.4) is 0 Å². The fourth-order valence-corrected chi connectivity index (χ4v) is 5.50. The highest BCUT2D eigenvalue weighted by Crippen LogP contribution is 2.20. The molecule has 0 saturated carbocycles. The molecule has 0 fully saturated rings. The highest BCUT2D eigenvalue weighted by atomic mass is 15.4. The molecule has 3 N–H and O–H groups in total. The van der Waals surface area contributed by atoms with Gasteiger partial charge in [0, 0.05) is 71.4 Å². The number of H-pyrrole nitrogens is 3. The van der Waals surface area contributed by atoms with Crippen molar-refractivity contribution >= 4 is 0 Å². The number of aromatic amines is 3. The van der Waals surface area contributed by atoms with Crippen LogP contribution in [-0.2, 0) is 39.3 Å². The van der Waals surface area contributed by atoms with Crippen molar-refractivity contribution in [3.8, 4) is 0 Å². The van der Waals surface area contributed by atoms with E-state index in [2.05, 4.69) is 118 Å². The second kappa shape index (κ2) is 8.82. The van der Waals surface area contributed by atoms with Crippen LogP contribution in [0.2, 0.25) is 0 Å². The molecule has 0 saturated heterocycles. The number of rotatable bonds is 0. The molecule has 36 heavy (non-hydrogen) atoms. The summed E-state index contributed by atoms with van der Waals surface area (Å²) in [5, 5.41) is 0. The van der Waals surface area contributed by atoms with Crippen molar-refractivity contribution in [1.82, 2.24) is 44.4 Å². The number of hydrogen-bond donors (Lipinski definition) is 3. The highest BCUT2D eigenvalue weighted by Gasteiger charge is 2.19. The predicted octanol–water partition coefficient (Wildman–Crippen LogP) is 3.22. The summed E-state index contributed by atoms with van der Waals surface area (Å²) in [5.41, 5.74) is 7.50.